The van der Waals surface area contributed by atoms with Gasteiger partial charge < -0.3 is 4.74 Å². The fourth-order valence-electron chi connectivity index (χ4n) is 2.64. The minimum Gasteiger partial charge on any atom is -0.443 e. The van der Waals surface area contributed by atoms with Crippen molar-refractivity contribution in [2.45, 2.75) is 24.8 Å². The Morgan fingerprint density at radius 3 is 2.52 bits per heavy atom. The molecule has 7 heteroatoms. The number of nitrogens with one attached hydrogen (secondary N) is 1. The summed E-state index contributed by atoms with van der Waals surface area (Å²) in [6.45, 7) is 4.17. The molecule has 25 heavy (non-hydrogen) atoms. The van der Waals surface area contributed by atoms with Crippen LogP contribution in [0.3, 0.4) is 0 Å². The van der Waals surface area contributed by atoms with E-state index in [0.717, 1.165) is 16.8 Å². The number of benzene rings is 2. The van der Waals surface area contributed by atoms with Gasteiger partial charge in [-0.1, -0.05) is 29.8 Å². The lowest BCUT2D eigenvalue weighted by molar-refractivity contribution is 0.143. The van der Waals surface area contributed by atoms with Crippen LogP contribution in [0, 0.1) is 13.8 Å². The second kappa shape index (κ2) is 6.85. The Bertz CT molecular complexity index is 878. The predicted octanol–water partition coefficient (Wildman–Crippen LogP) is 2.61. The largest absolute Gasteiger partial charge is 0.443 e. The molecule has 1 unspecified atom stereocenters. The van der Waals surface area contributed by atoms with Crippen LogP contribution in [0.25, 0.3) is 0 Å². The zero-order chi connectivity index (χ0) is 18.0. The first-order chi connectivity index (χ1) is 11.8. The number of ether oxygens (including phenoxy) is 1. The Kier molecular flexibility index (Phi) is 4.78. The van der Waals surface area contributed by atoms with Crippen LogP contribution in [0.1, 0.15) is 11.1 Å². The highest BCUT2D eigenvalue weighted by molar-refractivity contribution is 7.89. The van der Waals surface area contributed by atoms with Crippen molar-refractivity contribution in [1.82, 2.24) is 4.72 Å². The molecule has 0 aliphatic carbocycles. The molecule has 2 aromatic rings. The summed E-state index contributed by atoms with van der Waals surface area (Å²) in [6, 6.07) is 14.1. The molecule has 0 aromatic heterocycles. The molecule has 0 radical (unpaired) electrons. The van der Waals surface area contributed by atoms with Gasteiger partial charge >= 0.3 is 6.09 Å². The van der Waals surface area contributed by atoms with Gasteiger partial charge in [-0.3, -0.25) is 4.90 Å². The molecule has 0 spiro atoms. The van der Waals surface area contributed by atoms with Crippen LogP contribution in [0.15, 0.2) is 53.4 Å². The van der Waals surface area contributed by atoms with E-state index in [1.807, 2.05) is 38.1 Å². The minimum absolute atomic E-state index is 0.0320. The lowest BCUT2D eigenvalue weighted by Crippen LogP contribution is -2.34. The summed E-state index contributed by atoms with van der Waals surface area (Å²) in [5.74, 6) is 0. The van der Waals surface area contributed by atoms with Gasteiger partial charge in [0.15, 0.2) is 0 Å². The highest BCUT2D eigenvalue weighted by atomic mass is 32.2. The zero-order valence-corrected chi connectivity index (χ0v) is 14.9. The van der Waals surface area contributed by atoms with E-state index in [1.165, 1.54) is 4.90 Å². The van der Waals surface area contributed by atoms with Crippen LogP contribution in [0.5, 0.6) is 0 Å². The molecule has 6 nitrogen and oxygen atoms in total. The summed E-state index contributed by atoms with van der Waals surface area (Å²) in [5, 5.41) is 0. The first kappa shape index (κ1) is 17.4. The number of carbonyl (C=O) groups is 1. The third kappa shape index (κ3) is 4.00. The maximum atomic E-state index is 12.3. The Morgan fingerprint density at radius 2 is 1.84 bits per heavy atom. The van der Waals surface area contributed by atoms with Crippen molar-refractivity contribution in [3.63, 3.8) is 0 Å². The van der Waals surface area contributed by atoms with Crippen LogP contribution in [0.2, 0.25) is 0 Å². The number of hydrogen-bond acceptors (Lipinski definition) is 4. The average Bonchev–Trinajstić information content (AvgIpc) is 2.94. The van der Waals surface area contributed by atoms with Crippen molar-refractivity contribution in [3.8, 4) is 0 Å². The number of hydrogen-bond donors (Lipinski definition) is 1. The number of rotatable bonds is 5. The van der Waals surface area contributed by atoms with Crippen LogP contribution < -0.4 is 9.62 Å². The van der Waals surface area contributed by atoms with Crippen molar-refractivity contribution in [2.75, 3.05) is 18.0 Å². The third-order valence-corrected chi connectivity index (χ3v) is 5.46. The van der Waals surface area contributed by atoms with Gasteiger partial charge in [0.25, 0.3) is 0 Å². The fourth-order valence-corrected chi connectivity index (χ4v) is 3.70. The van der Waals surface area contributed by atoms with Gasteiger partial charge in [-0.25, -0.2) is 17.9 Å². The minimum atomic E-state index is -3.63. The molecule has 1 amide bonds. The highest BCUT2D eigenvalue weighted by Crippen LogP contribution is 2.22. The summed E-state index contributed by atoms with van der Waals surface area (Å²) < 4.78 is 32.4. The van der Waals surface area contributed by atoms with Crippen molar-refractivity contribution < 1.29 is 17.9 Å². The lowest BCUT2D eigenvalue weighted by Gasteiger charge is -2.13. The number of cyclic esters (lactones) is 1. The predicted molar refractivity (Wildman–Crippen MR) is 95.2 cm³/mol. The highest BCUT2D eigenvalue weighted by Gasteiger charge is 2.33. The number of aryl methyl sites for hydroxylation is 2. The van der Waals surface area contributed by atoms with E-state index in [2.05, 4.69) is 4.72 Å². The molecular weight excluding hydrogens is 340 g/mol. The summed E-state index contributed by atoms with van der Waals surface area (Å²) in [4.78, 5) is 13.8. The topological polar surface area (TPSA) is 75.7 Å². The Morgan fingerprint density at radius 1 is 1.12 bits per heavy atom. The van der Waals surface area contributed by atoms with E-state index in [9.17, 15) is 13.2 Å². The molecule has 1 aliphatic rings. The van der Waals surface area contributed by atoms with E-state index in [1.54, 1.807) is 24.3 Å². The first-order valence-electron chi connectivity index (χ1n) is 7.96. The SMILES string of the molecule is Cc1ccc(S(=O)(=O)NCC2CN(c3cccc(C)c3)C(=O)O2)cc1. The molecule has 1 heterocycles. The summed E-state index contributed by atoms with van der Waals surface area (Å²) in [7, 11) is -3.63. The molecule has 1 fully saturated rings. The van der Waals surface area contributed by atoms with E-state index < -0.39 is 22.2 Å². The second-order valence-corrected chi connectivity index (χ2v) is 7.89. The molecule has 1 saturated heterocycles. The molecule has 132 valence electrons. The first-order valence-corrected chi connectivity index (χ1v) is 9.44. The summed E-state index contributed by atoms with van der Waals surface area (Å²) in [5.41, 5.74) is 2.76. The fraction of sp³-hybridized carbons (Fsp3) is 0.278. The van der Waals surface area contributed by atoms with Crippen LogP contribution in [0.4, 0.5) is 10.5 Å². The zero-order valence-electron chi connectivity index (χ0n) is 14.1. The maximum absolute atomic E-state index is 12.3. The summed E-state index contributed by atoms with van der Waals surface area (Å²) in [6.07, 6.45) is -1.00. The van der Waals surface area contributed by atoms with Crippen molar-refractivity contribution in [2.24, 2.45) is 0 Å². The Hall–Kier alpha value is -2.38. The molecule has 1 atom stereocenters. The molecule has 0 saturated carbocycles. The standard InChI is InChI=1S/C18H20N2O4S/c1-13-6-8-17(9-7-13)25(22,23)19-11-16-12-20(18(21)24-16)15-5-3-4-14(2)10-15/h3-10,16,19H,11-12H2,1-2H3. The number of anilines is 1. The Labute approximate surface area is 147 Å². The quantitative estimate of drug-likeness (QED) is 0.889. The smallest absolute Gasteiger partial charge is 0.414 e. The number of carbonyl (C=O) groups excluding carboxylic acids is 1. The lowest BCUT2D eigenvalue weighted by atomic mass is 10.2. The van der Waals surface area contributed by atoms with Gasteiger partial charge in [0.05, 0.1) is 11.4 Å². The van der Waals surface area contributed by atoms with Gasteiger partial charge in [0, 0.05) is 12.2 Å². The number of nitrogens with zero attached hydrogens (tertiary/aromatic N) is 1. The van der Waals surface area contributed by atoms with Gasteiger partial charge in [0.1, 0.15) is 6.10 Å². The van der Waals surface area contributed by atoms with Crippen LogP contribution in [-0.4, -0.2) is 33.7 Å². The van der Waals surface area contributed by atoms with Crippen LogP contribution in [-0.2, 0) is 14.8 Å². The van der Waals surface area contributed by atoms with Gasteiger partial charge in [-0.2, -0.15) is 0 Å². The maximum Gasteiger partial charge on any atom is 0.414 e. The van der Waals surface area contributed by atoms with Crippen molar-refractivity contribution in [1.29, 1.82) is 0 Å². The molecular formula is C18H20N2O4S. The second-order valence-electron chi connectivity index (χ2n) is 6.12. The van der Waals surface area contributed by atoms with Crippen LogP contribution >= 0.6 is 0 Å². The number of sulfonamides is 1. The normalized spacial score (nSPS) is 17.6. The van der Waals surface area contributed by atoms with Gasteiger partial charge in [0.2, 0.25) is 10.0 Å². The molecule has 2 aromatic carbocycles. The van der Waals surface area contributed by atoms with Gasteiger partial charge in [-0.05, 0) is 43.7 Å². The van der Waals surface area contributed by atoms with E-state index in [0.29, 0.717) is 6.54 Å². The van der Waals surface area contributed by atoms with Crippen molar-refractivity contribution >= 4 is 21.8 Å². The van der Waals surface area contributed by atoms with Crippen molar-refractivity contribution in [3.05, 3.63) is 59.7 Å². The molecule has 3 rings (SSSR count). The Balaban J connectivity index is 1.65. The molecule has 0 bridgehead atoms. The van der Waals surface area contributed by atoms with E-state index in [4.69, 9.17) is 4.74 Å². The molecule has 1 N–H and O–H groups in total. The summed E-state index contributed by atoms with van der Waals surface area (Å²) >= 11 is 0. The van der Waals surface area contributed by atoms with E-state index in [-0.39, 0.29) is 11.4 Å². The van der Waals surface area contributed by atoms with E-state index >= 15 is 0 Å². The van der Waals surface area contributed by atoms with Gasteiger partial charge in [-0.15, -0.1) is 0 Å². The average molecular weight is 360 g/mol. The third-order valence-electron chi connectivity index (χ3n) is 4.02. The molecule has 1 aliphatic heterocycles. The monoisotopic (exact) mass is 360 g/mol. The number of amides is 1.